The van der Waals surface area contributed by atoms with Crippen molar-refractivity contribution in [3.63, 3.8) is 0 Å². The Morgan fingerprint density at radius 3 is 2.81 bits per heavy atom. The van der Waals surface area contributed by atoms with Crippen LogP contribution in [0.5, 0.6) is 0 Å². The van der Waals surface area contributed by atoms with E-state index in [9.17, 15) is 0 Å². The summed E-state index contributed by atoms with van der Waals surface area (Å²) in [6.07, 6.45) is 2.45. The first kappa shape index (κ1) is 13.8. The van der Waals surface area contributed by atoms with Crippen molar-refractivity contribution in [1.29, 1.82) is 5.26 Å². The summed E-state index contributed by atoms with van der Waals surface area (Å²) < 4.78 is 5.51. The molecule has 0 amide bonds. The van der Waals surface area contributed by atoms with Crippen molar-refractivity contribution >= 4 is 11.8 Å². The molecule has 92 valence electrons. The van der Waals surface area contributed by atoms with Gasteiger partial charge in [-0.1, -0.05) is 0 Å². The van der Waals surface area contributed by atoms with Crippen molar-refractivity contribution in [2.24, 2.45) is 0 Å². The SMILES string of the molecule is CC(C)NC(C#N)CCSC1CCOC1C. The van der Waals surface area contributed by atoms with Crippen molar-refractivity contribution in [2.45, 2.75) is 57.1 Å². The molecule has 0 aromatic rings. The number of nitrogens with one attached hydrogen (secondary N) is 1. The van der Waals surface area contributed by atoms with Crippen molar-refractivity contribution < 1.29 is 4.74 Å². The lowest BCUT2D eigenvalue weighted by atomic mass is 10.2. The van der Waals surface area contributed by atoms with E-state index in [0.29, 0.717) is 17.4 Å². The third kappa shape index (κ3) is 4.73. The van der Waals surface area contributed by atoms with Crippen LogP contribution in [0.25, 0.3) is 0 Å². The van der Waals surface area contributed by atoms with Gasteiger partial charge in [0.2, 0.25) is 0 Å². The zero-order chi connectivity index (χ0) is 12.0. The van der Waals surface area contributed by atoms with E-state index in [2.05, 4.69) is 32.2 Å². The van der Waals surface area contributed by atoms with E-state index in [1.54, 1.807) is 0 Å². The first-order chi connectivity index (χ1) is 7.63. The van der Waals surface area contributed by atoms with Gasteiger partial charge in [-0.25, -0.2) is 0 Å². The summed E-state index contributed by atoms with van der Waals surface area (Å²) in [6, 6.07) is 2.68. The van der Waals surface area contributed by atoms with Crippen molar-refractivity contribution in [1.82, 2.24) is 5.32 Å². The molecule has 3 nitrogen and oxygen atoms in total. The van der Waals surface area contributed by atoms with Gasteiger partial charge in [-0.3, -0.25) is 5.32 Å². The van der Waals surface area contributed by atoms with Crippen LogP contribution in [0.4, 0.5) is 0 Å². The summed E-state index contributed by atoms with van der Waals surface area (Å²) in [7, 11) is 0. The Kier molecular flexibility index (Phi) is 6.18. The molecule has 3 unspecified atom stereocenters. The van der Waals surface area contributed by atoms with Crippen LogP contribution in [0.1, 0.15) is 33.6 Å². The predicted octanol–water partition coefficient (Wildman–Crippen LogP) is 2.18. The Bertz CT molecular complexity index is 240. The third-order valence-corrected chi connectivity index (χ3v) is 4.25. The van der Waals surface area contributed by atoms with Crippen molar-refractivity contribution in [2.75, 3.05) is 12.4 Å². The van der Waals surface area contributed by atoms with E-state index >= 15 is 0 Å². The fraction of sp³-hybridized carbons (Fsp3) is 0.917. The minimum absolute atomic E-state index is 0.00914. The monoisotopic (exact) mass is 242 g/mol. The van der Waals surface area contributed by atoms with E-state index in [-0.39, 0.29) is 6.04 Å². The molecule has 0 aromatic carbocycles. The molecule has 0 spiro atoms. The molecule has 4 heteroatoms. The van der Waals surface area contributed by atoms with Crippen LogP contribution in [0.3, 0.4) is 0 Å². The molecule has 0 aromatic heterocycles. The minimum Gasteiger partial charge on any atom is -0.377 e. The average molecular weight is 242 g/mol. The maximum absolute atomic E-state index is 8.97. The second-order valence-electron chi connectivity index (χ2n) is 4.57. The van der Waals surface area contributed by atoms with Crippen molar-refractivity contribution in [3.05, 3.63) is 0 Å². The summed E-state index contributed by atoms with van der Waals surface area (Å²) >= 11 is 1.95. The second-order valence-corrected chi connectivity index (χ2v) is 5.91. The largest absolute Gasteiger partial charge is 0.377 e. The molecule has 0 saturated carbocycles. The quantitative estimate of drug-likeness (QED) is 0.775. The van der Waals surface area contributed by atoms with Crippen LogP contribution >= 0.6 is 11.8 Å². The van der Waals surface area contributed by atoms with Crippen LogP contribution in [-0.2, 0) is 4.74 Å². The summed E-state index contributed by atoms with van der Waals surface area (Å²) in [5.41, 5.74) is 0. The Labute approximate surface area is 103 Å². The number of ether oxygens (including phenoxy) is 1. The van der Waals surface area contributed by atoms with Crippen LogP contribution in [0.15, 0.2) is 0 Å². The number of hydrogen-bond acceptors (Lipinski definition) is 4. The average Bonchev–Trinajstić information content (AvgIpc) is 2.62. The Morgan fingerprint density at radius 1 is 1.56 bits per heavy atom. The Balaban J connectivity index is 2.16. The molecule has 0 aliphatic carbocycles. The van der Waals surface area contributed by atoms with E-state index in [4.69, 9.17) is 10.00 Å². The fourth-order valence-electron chi connectivity index (χ4n) is 1.86. The molecule has 1 rings (SSSR count). The number of nitriles is 1. The predicted molar refractivity (Wildman–Crippen MR) is 68.6 cm³/mol. The Hall–Kier alpha value is -0.240. The minimum atomic E-state index is -0.00914. The summed E-state index contributed by atoms with van der Waals surface area (Å²) in [4.78, 5) is 0. The fourth-order valence-corrected chi connectivity index (χ4v) is 3.14. The molecule has 1 aliphatic heterocycles. The smallest absolute Gasteiger partial charge is 0.0962 e. The highest BCUT2D eigenvalue weighted by Crippen LogP contribution is 2.26. The molecule has 1 fully saturated rings. The summed E-state index contributed by atoms with van der Waals surface area (Å²) in [5, 5.41) is 12.9. The van der Waals surface area contributed by atoms with Gasteiger partial charge in [-0.05, 0) is 39.4 Å². The summed E-state index contributed by atoms with van der Waals surface area (Å²) in [5.74, 6) is 1.04. The number of rotatable bonds is 6. The van der Waals surface area contributed by atoms with Gasteiger partial charge in [-0.15, -0.1) is 0 Å². The second kappa shape index (κ2) is 7.16. The lowest BCUT2D eigenvalue weighted by Crippen LogP contribution is -2.34. The van der Waals surface area contributed by atoms with Gasteiger partial charge in [0.1, 0.15) is 0 Å². The highest BCUT2D eigenvalue weighted by atomic mass is 32.2. The number of hydrogen-bond donors (Lipinski definition) is 1. The van der Waals surface area contributed by atoms with Gasteiger partial charge in [0.15, 0.2) is 0 Å². The molecular weight excluding hydrogens is 220 g/mol. The zero-order valence-electron chi connectivity index (χ0n) is 10.4. The molecule has 1 saturated heterocycles. The highest BCUT2D eigenvalue weighted by Gasteiger charge is 2.24. The molecule has 1 aliphatic rings. The van der Waals surface area contributed by atoms with Gasteiger partial charge in [0.05, 0.1) is 18.2 Å². The van der Waals surface area contributed by atoms with Crippen LogP contribution < -0.4 is 5.32 Å². The van der Waals surface area contributed by atoms with Gasteiger partial charge in [-0.2, -0.15) is 17.0 Å². The van der Waals surface area contributed by atoms with E-state index < -0.39 is 0 Å². The molecule has 1 heterocycles. The Morgan fingerprint density at radius 2 is 2.31 bits per heavy atom. The van der Waals surface area contributed by atoms with Gasteiger partial charge < -0.3 is 4.74 Å². The normalized spacial score (nSPS) is 26.9. The molecule has 0 bridgehead atoms. The maximum atomic E-state index is 8.97. The van der Waals surface area contributed by atoms with E-state index in [0.717, 1.165) is 25.2 Å². The molecule has 16 heavy (non-hydrogen) atoms. The maximum Gasteiger partial charge on any atom is 0.0962 e. The van der Waals surface area contributed by atoms with Crippen LogP contribution in [0, 0.1) is 11.3 Å². The molecular formula is C12H22N2OS. The molecule has 0 radical (unpaired) electrons. The van der Waals surface area contributed by atoms with Crippen molar-refractivity contribution in [3.8, 4) is 6.07 Å². The highest BCUT2D eigenvalue weighted by molar-refractivity contribution is 7.99. The first-order valence-corrected chi connectivity index (χ1v) is 7.07. The van der Waals surface area contributed by atoms with Gasteiger partial charge >= 0.3 is 0 Å². The van der Waals surface area contributed by atoms with Gasteiger partial charge in [0, 0.05) is 17.9 Å². The topological polar surface area (TPSA) is 45.0 Å². The lowest BCUT2D eigenvalue weighted by molar-refractivity contribution is 0.127. The van der Waals surface area contributed by atoms with Gasteiger partial charge in [0.25, 0.3) is 0 Å². The summed E-state index contributed by atoms with van der Waals surface area (Å²) in [6.45, 7) is 7.18. The lowest BCUT2D eigenvalue weighted by Gasteiger charge is -2.17. The van der Waals surface area contributed by atoms with E-state index in [1.165, 1.54) is 0 Å². The third-order valence-electron chi connectivity index (χ3n) is 2.74. The van der Waals surface area contributed by atoms with Crippen LogP contribution in [-0.4, -0.2) is 35.8 Å². The number of thioether (sulfide) groups is 1. The van der Waals surface area contributed by atoms with Crippen LogP contribution in [0.2, 0.25) is 0 Å². The standard InChI is InChI=1S/C12H22N2OS/c1-9(2)14-11(8-13)5-7-16-12-4-6-15-10(12)3/h9-12,14H,4-7H2,1-3H3. The molecule has 1 N–H and O–H groups in total. The zero-order valence-corrected chi connectivity index (χ0v) is 11.2. The molecule has 3 atom stereocenters. The number of nitrogens with zero attached hydrogens (tertiary/aromatic N) is 1. The first-order valence-electron chi connectivity index (χ1n) is 6.02. The van der Waals surface area contributed by atoms with E-state index in [1.807, 2.05) is 11.8 Å².